The number of amides is 3. The highest BCUT2D eigenvalue weighted by atomic mass is 127. The number of hydrogen-bond acceptors (Lipinski definition) is 4. The van der Waals surface area contributed by atoms with Crippen LogP contribution in [0.5, 0.6) is 0 Å². The monoisotopic (exact) mass is 761 g/mol. The highest BCUT2D eigenvalue weighted by Gasteiger charge is 2.23. The smallest absolute Gasteiger partial charge is 0.272 e. The van der Waals surface area contributed by atoms with Crippen LogP contribution in [-0.4, -0.2) is 17.7 Å². The predicted molar refractivity (Wildman–Crippen MR) is 191 cm³/mol. The number of carbonyl (C=O) groups excluding carboxylic acids is 3. The lowest BCUT2D eigenvalue weighted by Crippen LogP contribution is -2.30. The Hall–Kier alpha value is -4.45. The maximum atomic E-state index is 14.6. The van der Waals surface area contributed by atoms with E-state index < -0.39 is 22.9 Å². The second kappa shape index (κ2) is 15.7. The van der Waals surface area contributed by atoms with Crippen molar-refractivity contribution in [1.82, 2.24) is 5.32 Å². The normalized spacial score (nSPS) is 11.8. The Morgan fingerprint density at radius 1 is 0.739 bits per heavy atom. The molecule has 5 aromatic carbocycles. The van der Waals surface area contributed by atoms with Crippen LogP contribution < -0.4 is 16.0 Å². The van der Waals surface area contributed by atoms with E-state index in [2.05, 4.69) is 38.5 Å². The lowest BCUT2D eigenvalue weighted by molar-refractivity contribution is -0.116. The Kier molecular flexibility index (Phi) is 11.2. The van der Waals surface area contributed by atoms with Gasteiger partial charge in [-0.15, -0.1) is 11.8 Å². The molecule has 0 bridgehead atoms. The second-order valence-corrected chi connectivity index (χ2v) is 12.7. The number of rotatable bonds is 10. The molecule has 46 heavy (non-hydrogen) atoms. The number of thioether (sulfide) groups is 1. The van der Waals surface area contributed by atoms with Gasteiger partial charge in [-0.25, -0.2) is 4.39 Å². The number of halogens is 3. The Labute approximate surface area is 288 Å². The minimum absolute atomic E-state index is 0.0371. The van der Waals surface area contributed by atoms with Gasteiger partial charge in [0.25, 0.3) is 11.8 Å². The summed E-state index contributed by atoms with van der Waals surface area (Å²) >= 11 is 9.79. The van der Waals surface area contributed by atoms with E-state index in [0.29, 0.717) is 16.9 Å². The molecule has 0 spiro atoms. The van der Waals surface area contributed by atoms with Crippen LogP contribution in [0.1, 0.15) is 26.7 Å². The molecule has 3 N–H and O–H groups in total. The molecule has 5 aromatic rings. The van der Waals surface area contributed by atoms with Gasteiger partial charge < -0.3 is 16.0 Å². The molecule has 10 heteroatoms. The van der Waals surface area contributed by atoms with Crippen molar-refractivity contribution in [2.24, 2.45) is 0 Å². The zero-order valence-corrected chi connectivity index (χ0v) is 27.8. The lowest BCUT2D eigenvalue weighted by atomic mass is 10.1. The molecular weight excluding hydrogens is 736 g/mol. The summed E-state index contributed by atoms with van der Waals surface area (Å²) < 4.78 is 15.7. The standard InChI is InChI=1S/C36H26ClFIN3O3S/c37-30-12-7-13-31(38)29(30)22-32(42-34(43)24-10-5-2-6-11-24)35(44)40-27-18-20-28(21-19-27)46-33(23-8-3-1-4-9-23)36(45)41-26-16-14-25(39)15-17-26/h1-22,33H,(H,40,44)(H,41,45)(H,42,43)/b32-22-. The van der Waals surface area contributed by atoms with E-state index in [9.17, 15) is 18.8 Å². The molecule has 0 saturated heterocycles. The highest BCUT2D eigenvalue weighted by molar-refractivity contribution is 14.1. The van der Waals surface area contributed by atoms with Crippen LogP contribution in [-0.2, 0) is 9.59 Å². The molecule has 230 valence electrons. The molecule has 0 aliphatic heterocycles. The first-order valence-electron chi connectivity index (χ1n) is 14.0. The van der Waals surface area contributed by atoms with Crippen LogP contribution >= 0.6 is 46.0 Å². The zero-order valence-electron chi connectivity index (χ0n) is 24.0. The molecule has 1 atom stereocenters. The first-order chi connectivity index (χ1) is 22.3. The van der Waals surface area contributed by atoms with E-state index in [0.717, 1.165) is 14.0 Å². The number of carbonyl (C=O) groups is 3. The van der Waals surface area contributed by atoms with Crippen molar-refractivity contribution < 1.29 is 18.8 Å². The average molecular weight is 762 g/mol. The minimum Gasteiger partial charge on any atom is -0.325 e. The van der Waals surface area contributed by atoms with Gasteiger partial charge in [0.05, 0.1) is 5.02 Å². The number of hydrogen-bond donors (Lipinski definition) is 3. The molecule has 0 aliphatic carbocycles. The summed E-state index contributed by atoms with van der Waals surface area (Å²) in [5.74, 6) is -2.04. The van der Waals surface area contributed by atoms with Crippen molar-refractivity contribution in [2.45, 2.75) is 10.1 Å². The molecule has 0 aromatic heterocycles. The maximum absolute atomic E-state index is 14.6. The first kappa shape index (κ1) is 32.9. The summed E-state index contributed by atoms with van der Waals surface area (Å²) in [6.07, 6.45) is 1.20. The van der Waals surface area contributed by atoms with Gasteiger partial charge in [-0.05, 0) is 107 Å². The van der Waals surface area contributed by atoms with Crippen molar-refractivity contribution in [3.8, 4) is 0 Å². The topological polar surface area (TPSA) is 87.3 Å². The van der Waals surface area contributed by atoms with Crippen LogP contribution in [0.2, 0.25) is 5.02 Å². The molecule has 0 heterocycles. The lowest BCUT2D eigenvalue weighted by Gasteiger charge is -2.17. The van der Waals surface area contributed by atoms with Crippen molar-refractivity contribution in [1.29, 1.82) is 0 Å². The molecule has 0 aliphatic rings. The van der Waals surface area contributed by atoms with Gasteiger partial charge in [-0.3, -0.25) is 14.4 Å². The summed E-state index contributed by atoms with van der Waals surface area (Å²) in [4.78, 5) is 40.5. The molecule has 6 nitrogen and oxygen atoms in total. The van der Waals surface area contributed by atoms with E-state index in [1.165, 1.54) is 36.0 Å². The van der Waals surface area contributed by atoms with Gasteiger partial charge in [0.2, 0.25) is 5.91 Å². The average Bonchev–Trinajstić information content (AvgIpc) is 3.07. The highest BCUT2D eigenvalue weighted by Crippen LogP contribution is 2.37. The van der Waals surface area contributed by atoms with E-state index in [4.69, 9.17) is 11.6 Å². The Balaban J connectivity index is 1.34. The summed E-state index contributed by atoms with van der Waals surface area (Å²) in [7, 11) is 0. The SMILES string of the molecule is O=C(Nc1ccc(SC(C(=O)Nc2ccc(I)cc2)c2ccccc2)cc1)/C(=C/c1c(F)cccc1Cl)NC(=O)c1ccccc1. The van der Waals surface area contributed by atoms with Gasteiger partial charge in [-0.1, -0.05) is 66.2 Å². The molecular formula is C36H26ClFIN3O3S. The number of nitrogens with one attached hydrogen (secondary N) is 3. The van der Waals surface area contributed by atoms with Gasteiger partial charge in [0.1, 0.15) is 16.8 Å². The summed E-state index contributed by atoms with van der Waals surface area (Å²) in [6.45, 7) is 0. The van der Waals surface area contributed by atoms with Crippen LogP contribution in [0.3, 0.4) is 0 Å². The third-order valence-corrected chi connectivity index (χ3v) is 8.95. The van der Waals surface area contributed by atoms with E-state index >= 15 is 0 Å². The second-order valence-electron chi connectivity index (χ2n) is 9.90. The zero-order chi connectivity index (χ0) is 32.5. The van der Waals surface area contributed by atoms with Crippen LogP contribution in [0.15, 0.2) is 138 Å². The van der Waals surface area contributed by atoms with Crippen molar-refractivity contribution in [3.63, 3.8) is 0 Å². The molecule has 3 amide bonds. The number of anilines is 2. The Morgan fingerprint density at radius 3 is 2.00 bits per heavy atom. The fourth-order valence-corrected chi connectivity index (χ4v) is 5.93. The maximum Gasteiger partial charge on any atom is 0.272 e. The van der Waals surface area contributed by atoms with E-state index in [1.807, 2.05) is 54.6 Å². The van der Waals surface area contributed by atoms with Crippen molar-refractivity contribution in [3.05, 3.63) is 164 Å². The molecule has 0 saturated carbocycles. The Bertz CT molecular complexity index is 1850. The third kappa shape index (κ3) is 8.84. The van der Waals surface area contributed by atoms with Gasteiger partial charge in [-0.2, -0.15) is 0 Å². The van der Waals surface area contributed by atoms with Crippen LogP contribution in [0, 0.1) is 9.39 Å². The molecule has 0 radical (unpaired) electrons. The summed E-state index contributed by atoms with van der Waals surface area (Å²) in [6, 6.07) is 36.5. The van der Waals surface area contributed by atoms with Crippen LogP contribution in [0.25, 0.3) is 6.08 Å². The first-order valence-corrected chi connectivity index (χ1v) is 16.3. The Morgan fingerprint density at radius 2 is 1.35 bits per heavy atom. The summed E-state index contributed by atoms with van der Waals surface area (Å²) in [5, 5.41) is 7.87. The third-order valence-electron chi connectivity index (χ3n) is 6.64. The van der Waals surface area contributed by atoms with Crippen molar-refractivity contribution in [2.75, 3.05) is 10.6 Å². The predicted octanol–water partition coefficient (Wildman–Crippen LogP) is 8.97. The summed E-state index contributed by atoms with van der Waals surface area (Å²) in [5.41, 5.74) is 2.05. The largest absolute Gasteiger partial charge is 0.325 e. The fourth-order valence-electron chi connectivity index (χ4n) is 4.33. The molecule has 5 rings (SSSR count). The minimum atomic E-state index is -0.678. The van der Waals surface area contributed by atoms with E-state index in [1.54, 1.807) is 54.6 Å². The van der Waals surface area contributed by atoms with Gasteiger partial charge in [0, 0.05) is 31.0 Å². The fraction of sp³-hybridized carbons (Fsp3) is 0.0278. The number of benzene rings is 5. The quantitative estimate of drug-likeness (QED) is 0.0754. The van der Waals surface area contributed by atoms with Gasteiger partial charge >= 0.3 is 0 Å². The van der Waals surface area contributed by atoms with E-state index in [-0.39, 0.29) is 22.2 Å². The molecule has 1 unspecified atom stereocenters. The van der Waals surface area contributed by atoms with Gasteiger partial charge in [0.15, 0.2) is 0 Å². The van der Waals surface area contributed by atoms with Crippen molar-refractivity contribution >= 4 is 81.1 Å². The van der Waals surface area contributed by atoms with Crippen LogP contribution in [0.4, 0.5) is 15.8 Å². The molecule has 0 fully saturated rings.